The molecule has 1 saturated heterocycles. The molecule has 126 valence electrons. The van der Waals surface area contributed by atoms with Crippen molar-refractivity contribution < 1.29 is 27.5 Å². The Morgan fingerprint density at radius 1 is 1.22 bits per heavy atom. The zero-order valence-electron chi connectivity index (χ0n) is 12.3. The van der Waals surface area contributed by atoms with Crippen LogP contribution in [-0.2, 0) is 10.2 Å². The van der Waals surface area contributed by atoms with E-state index >= 15 is 0 Å². The summed E-state index contributed by atoms with van der Waals surface area (Å²) < 4.78 is 40.9. The molecule has 0 spiro atoms. The maximum Gasteiger partial charge on any atom is 0.338 e. The van der Waals surface area contributed by atoms with E-state index in [1.807, 2.05) is 4.72 Å². The second kappa shape index (κ2) is 6.50. The van der Waals surface area contributed by atoms with Gasteiger partial charge in [0, 0.05) is 25.8 Å². The fourth-order valence-corrected chi connectivity index (χ4v) is 3.51. The Kier molecular flexibility index (Phi) is 4.85. The number of carbonyl (C=O) groups is 2. The van der Waals surface area contributed by atoms with Crippen LogP contribution in [0, 0.1) is 5.82 Å². The average Bonchev–Trinajstić information content (AvgIpc) is 3.01. The van der Waals surface area contributed by atoms with Crippen molar-refractivity contribution in [3.05, 3.63) is 29.1 Å². The summed E-state index contributed by atoms with van der Waals surface area (Å²) >= 11 is 0. The fourth-order valence-electron chi connectivity index (χ4n) is 2.30. The minimum atomic E-state index is -4.00. The second-order valence-corrected chi connectivity index (χ2v) is 6.65. The number of aromatic carboxylic acids is 1. The van der Waals surface area contributed by atoms with Crippen LogP contribution in [0.15, 0.2) is 12.1 Å². The number of nitrogens with zero attached hydrogens (tertiary/aromatic N) is 1. The van der Waals surface area contributed by atoms with Gasteiger partial charge in [0.05, 0.1) is 11.1 Å². The molecule has 1 aliphatic rings. The first-order chi connectivity index (χ1) is 10.8. The van der Waals surface area contributed by atoms with Crippen LogP contribution in [0.5, 0.6) is 0 Å². The van der Waals surface area contributed by atoms with Crippen LogP contribution in [0.2, 0.25) is 0 Å². The van der Waals surface area contributed by atoms with E-state index in [-0.39, 0.29) is 11.3 Å². The highest BCUT2D eigenvalue weighted by molar-refractivity contribution is 7.87. The molecule has 0 aliphatic carbocycles. The molecule has 0 bridgehead atoms. The van der Waals surface area contributed by atoms with Crippen LogP contribution >= 0.6 is 0 Å². The minimum Gasteiger partial charge on any atom is -0.478 e. The Labute approximate surface area is 132 Å². The summed E-state index contributed by atoms with van der Waals surface area (Å²) in [6, 6.07) is 1.64. The van der Waals surface area contributed by atoms with Crippen LogP contribution in [0.25, 0.3) is 0 Å². The molecular formula is C13H16FN3O5S. The molecule has 0 aromatic heterocycles. The molecule has 0 unspecified atom stereocenters. The smallest absolute Gasteiger partial charge is 0.338 e. The van der Waals surface area contributed by atoms with E-state index < -0.39 is 33.5 Å². The number of carboxylic acid groups (broad SMARTS) is 1. The summed E-state index contributed by atoms with van der Waals surface area (Å²) in [5.74, 6) is -3.65. The molecule has 23 heavy (non-hydrogen) atoms. The highest BCUT2D eigenvalue weighted by Crippen LogP contribution is 2.21. The summed E-state index contributed by atoms with van der Waals surface area (Å²) in [6.45, 7) is 0.627. The Morgan fingerprint density at radius 3 is 2.35 bits per heavy atom. The number of nitrogens with one attached hydrogen (secondary N) is 2. The maximum atomic E-state index is 13.8. The van der Waals surface area contributed by atoms with Crippen LogP contribution < -0.4 is 10.0 Å². The first-order valence-electron chi connectivity index (χ1n) is 6.83. The van der Waals surface area contributed by atoms with Crippen molar-refractivity contribution in [1.82, 2.24) is 9.03 Å². The first-order valence-corrected chi connectivity index (χ1v) is 8.27. The molecule has 0 radical (unpaired) electrons. The predicted octanol–water partition coefficient (Wildman–Crippen LogP) is 0.636. The molecule has 1 aromatic rings. The van der Waals surface area contributed by atoms with Gasteiger partial charge in [-0.25, -0.2) is 13.9 Å². The first kappa shape index (κ1) is 17.2. The summed E-state index contributed by atoms with van der Waals surface area (Å²) in [5.41, 5.74) is -0.899. The number of hydrogen-bond donors (Lipinski definition) is 3. The van der Waals surface area contributed by atoms with E-state index in [1.165, 1.54) is 7.05 Å². The van der Waals surface area contributed by atoms with Crippen molar-refractivity contribution in [3.63, 3.8) is 0 Å². The molecule has 1 aromatic carbocycles. The number of carboxylic acids is 1. The van der Waals surface area contributed by atoms with E-state index in [1.54, 1.807) is 0 Å². The predicted molar refractivity (Wildman–Crippen MR) is 80.1 cm³/mol. The number of carbonyl (C=O) groups excluding carboxylic acids is 1. The van der Waals surface area contributed by atoms with Gasteiger partial charge in [-0.05, 0) is 25.0 Å². The third-order valence-electron chi connectivity index (χ3n) is 3.48. The van der Waals surface area contributed by atoms with Crippen LogP contribution in [0.4, 0.5) is 10.1 Å². The molecular weight excluding hydrogens is 329 g/mol. The zero-order valence-corrected chi connectivity index (χ0v) is 13.1. The number of hydrogen-bond acceptors (Lipinski definition) is 5. The fraction of sp³-hybridized carbons (Fsp3) is 0.385. The topological polar surface area (TPSA) is 116 Å². The minimum absolute atomic E-state index is 0.0120. The molecule has 0 saturated carbocycles. The standard InChI is InChI=1S/C13H16FN3O5S/c1-15-11-7-8(13(19)20)10(14)6-9(11)12(18)16-23(21,22)17-4-2-3-5-17/h6-7,15H,2-5H2,1H3,(H,16,18)(H,19,20). The van der Waals surface area contributed by atoms with Gasteiger partial charge in [-0.15, -0.1) is 0 Å². The number of halogens is 1. The van der Waals surface area contributed by atoms with Crippen molar-refractivity contribution >= 4 is 27.8 Å². The lowest BCUT2D eigenvalue weighted by molar-refractivity contribution is 0.0691. The van der Waals surface area contributed by atoms with Crippen molar-refractivity contribution in [3.8, 4) is 0 Å². The Morgan fingerprint density at radius 2 is 1.83 bits per heavy atom. The van der Waals surface area contributed by atoms with E-state index in [4.69, 9.17) is 5.11 Å². The van der Waals surface area contributed by atoms with E-state index in [0.717, 1.165) is 10.4 Å². The summed E-state index contributed by atoms with van der Waals surface area (Å²) in [6.07, 6.45) is 1.41. The van der Waals surface area contributed by atoms with Gasteiger partial charge in [0.25, 0.3) is 5.91 Å². The Hall–Kier alpha value is -2.20. The van der Waals surface area contributed by atoms with Crippen LogP contribution in [0.3, 0.4) is 0 Å². The molecule has 2 rings (SSSR count). The molecule has 8 nitrogen and oxygen atoms in total. The average molecular weight is 345 g/mol. The van der Waals surface area contributed by atoms with Gasteiger partial charge in [0.15, 0.2) is 0 Å². The van der Waals surface area contributed by atoms with Crippen molar-refractivity contribution in [2.45, 2.75) is 12.8 Å². The van der Waals surface area contributed by atoms with Gasteiger partial charge in [-0.1, -0.05) is 0 Å². The van der Waals surface area contributed by atoms with Gasteiger partial charge in [0.1, 0.15) is 5.82 Å². The lowest BCUT2D eigenvalue weighted by atomic mass is 10.1. The highest BCUT2D eigenvalue weighted by Gasteiger charge is 2.28. The quantitative estimate of drug-likeness (QED) is 0.721. The lowest BCUT2D eigenvalue weighted by Gasteiger charge is -2.17. The molecule has 1 aliphatic heterocycles. The van der Waals surface area contributed by atoms with Gasteiger partial charge in [0.2, 0.25) is 0 Å². The number of benzene rings is 1. The van der Waals surface area contributed by atoms with E-state index in [2.05, 4.69) is 5.32 Å². The monoisotopic (exact) mass is 345 g/mol. The normalized spacial score (nSPS) is 15.4. The highest BCUT2D eigenvalue weighted by atomic mass is 32.2. The molecule has 10 heteroatoms. The summed E-state index contributed by atoms with van der Waals surface area (Å²) in [4.78, 5) is 23.1. The van der Waals surface area contributed by atoms with E-state index in [0.29, 0.717) is 32.0 Å². The second-order valence-electron chi connectivity index (χ2n) is 4.98. The van der Waals surface area contributed by atoms with Gasteiger partial charge in [-0.3, -0.25) is 4.79 Å². The van der Waals surface area contributed by atoms with Gasteiger partial charge < -0.3 is 10.4 Å². The molecule has 3 N–H and O–H groups in total. The van der Waals surface area contributed by atoms with Crippen molar-refractivity contribution in [1.29, 1.82) is 0 Å². The molecule has 1 heterocycles. The molecule has 1 amide bonds. The number of anilines is 1. The Bertz CT molecular complexity index is 744. The van der Waals surface area contributed by atoms with Crippen molar-refractivity contribution in [2.24, 2.45) is 0 Å². The number of amides is 1. The molecule has 1 fully saturated rings. The zero-order chi connectivity index (χ0) is 17.2. The third-order valence-corrected chi connectivity index (χ3v) is 4.97. The van der Waals surface area contributed by atoms with Gasteiger partial charge >= 0.3 is 16.2 Å². The van der Waals surface area contributed by atoms with E-state index in [9.17, 15) is 22.4 Å². The third kappa shape index (κ3) is 3.59. The SMILES string of the molecule is CNc1cc(C(=O)O)c(F)cc1C(=O)NS(=O)(=O)N1CCCC1. The molecule has 0 atom stereocenters. The number of rotatable bonds is 5. The Balaban J connectivity index is 2.32. The van der Waals surface area contributed by atoms with Gasteiger partial charge in [-0.2, -0.15) is 12.7 Å². The summed E-state index contributed by atoms with van der Waals surface area (Å²) in [5, 5.41) is 11.4. The lowest BCUT2D eigenvalue weighted by Crippen LogP contribution is -2.42. The maximum absolute atomic E-state index is 13.8. The van der Waals surface area contributed by atoms with Crippen LogP contribution in [-0.4, -0.2) is 49.8 Å². The van der Waals surface area contributed by atoms with Crippen molar-refractivity contribution in [2.75, 3.05) is 25.5 Å². The summed E-state index contributed by atoms with van der Waals surface area (Å²) in [7, 11) is -2.60. The largest absolute Gasteiger partial charge is 0.478 e. The van der Waals surface area contributed by atoms with Crippen LogP contribution in [0.1, 0.15) is 33.6 Å².